The summed E-state index contributed by atoms with van der Waals surface area (Å²) in [5.41, 5.74) is 1.74. The lowest BCUT2D eigenvalue weighted by molar-refractivity contribution is -0.115. The van der Waals surface area contributed by atoms with Gasteiger partial charge in [-0.2, -0.15) is 0 Å². The molecule has 1 N–H and O–H groups in total. The number of halogens is 2. The Morgan fingerprint density at radius 1 is 1.19 bits per heavy atom. The summed E-state index contributed by atoms with van der Waals surface area (Å²) in [6.45, 7) is 3.61. The molecule has 0 saturated heterocycles. The Hall–Kier alpha value is -1.88. The molecule has 110 valence electrons. The zero-order valence-corrected chi connectivity index (χ0v) is 12.5. The molecule has 1 atom stereocenters. The first-order valence-corrected chi connectivity index (χ1v) is 7.33. The van der Waals surface area contributed by atoms with Gasteiger partial charge < -0.3 is 5.32 Å². The Morgan fingerprint density at radius 2 is 1.95 bits per heavy atom. The molecule has 1 amide bonds. The molecule has 2 aromatic rings. The van der Waals surface area contributed by atoms with Crippen LogP contribution in [0.4, 0.5) is 14.5 Å². The van der Waals surface area contributed by atoms with Crippen LogP contribution in [0.15, 0.2) is 47.4 Å². The van der Waals surface area contributed by atoms with Gasteiger partial charge in [0, 0.05) is 16.6 Å². The number of hydrogen-bond donors (Lipinski definition) is 1. The molecule has 0 aliphatic rings. The average Bonchev–Trinajstić information content (AvgIpc) is 2.41. The largest absolute Gasteiger partial charge is 0.325 e. The normalized spacial score (nSPS) is 12.0. The van der Waals surface area contributed by atoms with Gasteiger partial charge in [0.25, 0.3) is 0 Å². The first-order valence-electron chi connectivity index (χ1n) is 6.45. The van der Waals surface area contributed by atoms with Crippen LogP contribution in [0.25, 0.3) is 0 Å². The smallest absolute Gasteiger partial charge is 0.237 e. The minimum atomic E-state index is -0.657. The van der Waals surface area contributed by atoms with E-state index in [1.54, 1.807) is 13.0 Å². The molecule has 2 aromatic carbocycles. The number of nitrogens with one attached hydrogen (secondary N) is 1. The van der Waals surface area contributed by atoms with Gasteiger partial charge in [-0.1, -0.05) is 12.1 Å². The van der Waals surface area contributed by atoms with Gasteiger partial charge in [0.2, 0.25) is 5.91 Å². The molecule has 0 saturated carbocycles. The third-order valence-corrected chi connectivity index (χ3v) is 4.01. The molecule has 5 heteroatoms. The van der Waals surface area contributed by atoms with Gasteiger partial charge in [0.05, 0.1) is 5.25 Å². The van der Waals surface area contributed by atoms with Crippen molar-refractivity contribution in [3.05, 3.63) is 59.7 Å². The van der Waals surface area contributed by atoms with E-state index in [0.29, 0.717) is 5.69 Å². The van der Waals surface area contributed by atoms with E-state index in [0.717, 1.165) is 23.4 Å². The van der Waals surface area contributed by atoms with Crippen molar-refractivity contribution in [1.82, 2.24) is 0 Å². The van der Waals surface area contributed by atoms with Crippen LogP contribution >= 0.6 is 11.8 Å². The number of thioether (sulfide) groups is 1. The number of benzene rings is 2. The highest BCUT2D eigenvalue weighted by molar-refractivity contribution is 8.00. The molecule has 2 nitrogen and oxygen atoms in total. The topological polar surface area (TPSA) is 29.1 Å². The molecule has 0 heterocycles. The van der Waals surface area contributed by atoms with Crippen molar-refractivity contribution >= 4 is 23.4 Å². The zero-order chi connectivity index (χ0) is 15.4. The molecule has 0 spiro atoms. The number of aryl methyl sites for hydroxylation is 1. The lowest BCUT2D eigenvalue weighted by Crippen LogP contribution is -2.22. The summed E-state index contributed by atoms with van der Waals surface area (Å²) >= 11 is 1.06. The molecule has 0 bridgehead atoms. The lowest BCUT2D eigenvalue weighted by Gasteiger charge is -2.13. The van der Waals surface area contributed by atoms with Gasteiger partial charge in [0.1, 0.15) is 11.6 Å². The average molecular weight is 307 g/mol. The molecule has 2 rings (SSSR count). The Morgan fingerprint density at radius 3 is 2.62 bits per heavy atom. The van der Waals surface area contributed by atoms with Gasteiger partial charge in [-0.3, -0.25) is 4.79 Å². The summed E-state index contributed by atoms with van der Waals surface area (Å²) in [6.07, 6.45) is 0. The van der Waals surface area contributed by atoms with Crippen LogP contribution in [0.5, 0.6) is 0 Å². The Bertz CT molecular complexity index is 660. The maximum Gasteiger partial charge on any atom is 0.237 e. The molecule has 0 aliphatic carbocycles. The predicted octanol–water partition coefficient (Wildman–Crippen LogP) is 4.39. The number of rotatable bonds is 4. The Kier molecular flexibility index (Phi) is 4.96. The van der Waals surface area contributed by atoms with Gasteiger partial charge in [0.15, 0.2) is 0 Å². The minimum Gasteiger partial charge on any atom is -0.325 e. The highest BCUT2D eigenvalue weighted by Gasteiger charge is 2.17. The Labute approximate surface area is 126 Å². The number of carbonyl (C=O) groups is 1. The third-order valence-electron chi connectivity index (χ3n) is 2.85. The molecule has 0 aliphatic heterocycles. The van der Waals surface area contributed by atoms with Crippen LogP contribution in [-0.4, -0.2) is 11.2 Å². The van der Waals surface area contributed by atoms with Crippen LogP contribution in [0.2, 0.25) is 0 Å². The second-order valence-electron chi connectivity index (χ2n) is 4.69. The zero-order valence-electron chi connectivity index (χ0n) is 11.7. The highest BCUT2D eigenvalue weighted by Crippen LogP contribution is 2.27. The van der Waals surface area contributed by atoms with Gasteiger partial charge in [-0.25, -0.2) is 8.78 Å². The van der Waals surface area contributed by atoms with Gasteiger partial charge in [-0.15, -0.1) is 11.8 Å². The van der Waals surface area contributed by atoms with E-state index >= 15 is 0 Å². The van der Waals surface area contributed by atoms with Crippen molar-refractivity contribution in [1.29, 1.82) is 0 Å². The fraction of sp³-hybridized carbons (Fsp3) is 0.188. The van der Waals surface area contributed by atoms with Gasteiger partial charge in [-0.05, 0) is 43.7 Å². The fourth-order valence-corrected chi connectivity index (χ4v) is 2.65. The monoisotopic (exact) mass is 307 g/mol. The number of carbonyl (C=O) groups excluding carboxylic acids is 1. The second-order valence-corrected chi connectivity index (χ2v) is 6.08. The number of anilines is 1. The molecule has 0 fully saturated rings. The lowest BCUT2D eigenvalue weighted by atomic mass is 10.2. The minimum absolute atomic E-state index is 0.227. The summed E-state index contributed by atoms with van der Waals surface area (Å²) < 4.78 is 26.4. The molecule has 0 aromatic heterocycles. The summed E-state index contributed by atoms with van der Waals surface area (Å²) in [5, 5.41) is 2.28. The standard InChI is InChI=1S/C16H15F2NOS/c1-10-4-3-5-13(8-10)19-16(20)11(2)21-15-7-6-12(17)9-14(15)18/h3-9,11H,1-2H3,(H,19,20)/t11-/m0/s1. The van der Waals surface area contributed by atoms with Crippen molar-refractivity contribution in [2.45, 2.75) is 24.0 Å². The fourth-order valence-electron chi connectivity index (χ4n) is 1.78. The van der Waals surface area contributed by atoms with Crippen molar-refractivity contribution in [3.8, 4) is 0 Å². The maximum atomic E-state index is 13.6. The van der Waals surface area contributed by atoms with E-state index in [1.165, 1.54) is 12.1 Å². The van der Waals surface area contributed by atoms with E-state index in [9.17, 15) is 13.6 Å². The first-order chi connectivity index (χ1) is 9.95. The second kappa shape index (κ2) is 6.72. The van der Waals surface area contributed by atoms with Crippen molar-refractivity contribution in [2.75, 3.05) is 5.32 Å². The molecular formula is C16H15F2NOS. The third kappa shape index (κ3) is 4.29. The van der Waals surface area contributed by atoms with Crippen LogP contribution in [-0.2, 0) is 4.79 Å². The van der Waals surface area contributed by atoms with Gasteiger partial charge >= 0.3 is 0 Å². The summed E-state index contributed by atoms with van der Waals surface area (Å²) in [6, 6.07) is 10.8. The molecule has 0 radical (unpaired) electrons. The van der Waals surface area contributed by atoms with Crippen LogP contribution < -0.4 is 5.32 Å². The highest BCUT2D eigenvalue weighted by atomic mass is 32.2. The summed E-state index contributed by atoms with van der Waals surface area (Å²) in [4.78, 5) is 12.3. The van der Waals surface area contributed by atoms with Crippen molar-refractivity contribution in [3.63, 3.8) is 0 Å². The van der Waals surface area contributed by atoms with E-state index in [-0.39, 0.29) is 10.8 Å². The van der Waals surface area contributed by atoms with Crippen LogP contribution in [0, 0.1) is 18.6 Å². The molecule has 0 unspecified atom stereocenters. The van der Waals surface area contributed by atoms with E-state index < -0.39 is 16.9 Å². The summed E-state index contributed by atoms with van der Waals surface area (Å²) in [7, 11) is 0. The SMILES string of the molecule is Cc1cccc(NC(=O)[C@H](C)Sc2ccc(F)cc2F)c1. The van der Waals surface area contributed by atoms with Crippen molar-refractivity contribution in [2.24, 2.45) is 0 Å². The Balaban J connectivity index is 2.02. The van der Waals surface area contributed by atoms with Crippen LogP contribution in [0.3, 0.4) is 0 Å². The maximum absolute atomic E-state index is 13.6. The number of amides is 1. The van der Waals surface area contributed by atoms with E-state index in [2.05, 4.69) is 5.32 Å². The van der Waals surface area contributed by atoms with E-state index in [4.69, 9.17) is 0 Å². The molecular weight excluding hydrogens is 292 g/mol. The predicted molar refractivity (Wildman–Crippen MR) is 81.5 cm³/mol. The quantitative estimate of drug-likeness (QED) is 0.849. The molecule has 21 heavy (non-hydrogen) atoms. The van der Waals surface area contributed by atoms with Crippen molar-refractivity contribution < 1.29 is 13.6 Å². The first kappa shape index (κ1) is 15.5. The summed E-state index contributed by atoms with van der Waals surface area (Å²) in [5.74, 6) is -1.52. The van der Waals surface area contributed by atoms with E-state index in [1.807, 2.05) is 25.1 Å². The number of hydrogen-bond acceptors (Lipinski definition) is 2. The van der Waals surface area contributed by atoms with Crippen LogP contribution in [0.1, 0.15) is 12.5 Å².